The summed E-state index contributed by atoms with van der Waals surface area (Å²) in [4.78, 5) is 15.4. The molecule has 0 unspecified atom stereocenters. The van der Waals surface area contributed by atoms with Crippen LogP contribution in [0.4, 0.5) is 0 Å². The Balaban J connectivity index is 2.22. The highest BCUT2D eigenvalue weighted by molar-refractivity contribution is 9.10. The van der Waals surface area contributed by atoms with Crippen molar-refractivity contribution in [1.29, 1.82) is 0 Å². The fourth-order valence-corrected chi connectivity index (χ4v) is 4.16. The van der Waals surface area contributed by atoms with Gasteiger partial charge in [0.05, 0.1) is 5.54 Å². The summed E-state index contributed by atoms with van der Waals surface area (Å²) in [5, 5.41) is 0.667. The molecule has 4 heteroatoms. The van der Waals surface area contributed by atoms with Crippen molar-refractivity contribution in [2.45, 2.75) is 51.5 Å². The summed E-state index contributed by atoms with van der Waals surface area (Å²) < 4.78 is 0.945. The summed E-state index contributed by atoms with van der Waals surface area (Å²) in [5.41, 5.74) is 0.614. The van der Waals surface area contributed by atoms with Crippen LogP contribution in [-0.4, -0.2) is 29.3 Å². The van der Waals surface area contributed by atoms with Crippen molar-refractivity contribution >= 4 is 33.3 Å². The minimum absolute atomic E-state index is 0.304. The number of hydrogen-bond donors (Lipinski definition) is 0. The predicted molar refractivity (Wildman–Crippen MR) is 92.0 cm³/mol. The molecule has 0 aromatic heterocycles. The SMILES string of the molecule is CCC(CC)(C(=O)Cc1ccc(Br)cc1Cl)N1CCCC1. The van der Waals surface area contributed by atoms with Crippen LogP contribution in [0.1, 0.15) is 45.1 Å². The van der Waals surface area contributed by atoms with Crippen molar-refractivity contribution in [3.05, 3.63) is 33.3 Å². The number of benzene rings is 1. The molecule has 0 bridgehead atoms. The molecule has 2 nitrogen and oxygen atoms in total. The average Bonchev–Trinajstić information content (AvgIpc) is 2.99. The Morgan fingerprint density at radius 1 is 1.29 bits per heavy atom. The molecule has 1 fully saturated rings. The number of nitrogens with zero attached hydrogens (tertiary/aromatic N) is 1. The molecule has 2 rings (SSSR count). The third-order valence-corrected chi connectivity index (χ3v) is 5.61. The van der Waals surface area contributed by atoms with Gasteiger partial charge in [0.2, 0.25) is 0 Å². The first-order chi connectivity index (χ1) is 10.0. The number of carbonyl (C=O) groups excluding carboxylic acids is 1. The van der Waals surface area contributed by atoms with E-state index in [4.69, 9.17) is 11.6 Å². The van der Waals surface area contributed by atoms with Crippen LogP contribution in [0.15, 0.2) is 22.7 Å². The minimum Gasteiger partial charge on any atom is -0.297 e. The molecule has 0 radical (unpaired) electrons. The molecule has 0 spiro atoms. The third-order valence-electron chi connectivity index (χ3n) is 4.77. The smallest absolute Gasteiger partial charge is 0.157 e. The van der Waals surface area contributed by atoms with E-state index in [-0.39, 0.29) is 5.54 Å². The Hall–Kier alpha value is -0.380. The zero-order valence-electron chi connectivity index (χ0n) is 12.8. The van der Waals surface area contributed by atoms with E-state index in [2.05, 4.69) is 34.7 Å². The summed E-state index contributed by atoms with van der Waals surface area (Å²) in [6.45, 7) is 6.34. The number of Topliss-reactive ketones (excluding diaryl/α,β-unsaturated/α-hetero) is 1. The minimum atomic E-state index is -0.313. The van der Waals surface area contributed by atoms with Gasteiger partial charge in [0.15, 0.2) is 5.78 Å². The van der Waals surface area contributed by atoms with Gasteiger partial charge in [-0.1, -0.05) is 47.4 Å². The zero-order valence-corrected chi connectivity index (χ0v) is 15.1. The van der Waals surface area contributed by atoms with Crippen LogP contribution >= 0.6 is 27.5 Å². The number of carbonyl (C=O) groups is 1. The van der Waals surface area contributed by atoms with Crippen molar-refractivity contribution < 1.29 is 4.79 Å². The molecule has 0 N–H and O–H groups in total. The van der Waals surface area contributed by atoms with Gasteiger partial charge in [-0.2, -0.15) is 0 Å². The summed E-state index contributed by atoms with van der Waals surface area (Å²) in [5.74, 6) is 0.304. The van der Waals surface area contributed by atoms with Crippen LogP contribution in [0.25, 0.3) is 0 Å². The van der Waals surface area contributed by atoms with Gasteiger partial charge in [0.25, 0.3) is 0 Å². The fraction of sp³-hybridized carbons (Fsp3) is 0.588. The molecule has 116 valence electrons. The Morgan fingerprint density at radius 2 is 1.90 bits per heavy atom. The first-order valence-corrected chi connectivity index (χ1v) is 8.93. The van der Waals surface area contributed by atoms with E-state index in [1.165, 1.54) is 12.8 Å². The lowest BCUT2D eigenvalue weighted by molar-refractivity contribution is -0.130. The summed E-state index contributed by atoms with van der Waals surface area (Å²) in [6, 6.07) is 5.76. The molecule has 0 atom stereocenters. The molecule has 0 saturated carbocycles. The lowest BCUT2D eigenvalue weighted by Crippen LogP contribution is -2.53. The topological polar surface area (TPSA) is 20.3 Å². The number of halogens is 2. The van der Waals surface area contributed by atoms with E-state index in [1.54, 1.807) is 0 Å². The maximum Gasteiger partial charge on any atom is 0.157 e. The Morgan fingerprint density at radius 3 is 2.43 bits per heavy atom. The van der Waals surface area contributed by atoms with Gasteiger partial charge in [0, 0.05) is 15.9 Å². The number of ketones is 1. The molecular weight excluding hydrogens is 350 g/mol. The first-order valence-electron chi connectivity index (χ1n) is 7.75. The van der Waals surface area contributed by atoms with E-state index in [1.807, 2.05) is 18.2 Å². The molecule has 1 aliphatic rings. The van der Waals surface area contributed by atoms with E-state index in [0.29, 0.717) is 17.2 Å². The Kier molecular flexibility index (Phi) is 5.87. The summed E-state index contributed by atoms with van der Waals surface area (Å²) in [6.07, 6.45) is 4.57. The molecule has 1 heterocycles. The Bertz CT molecular complexity index is 508. The van der Waals surface area contributed by atoms with Crippen LogP contribution in [0.3, 0.4) is 0 Å². The van der Waals surface area contributed by atoms with E-state index in [0.717, 1.165) is 36.0 Å². The van der Waals surface area contributed by atoms with Gasteiger partial charge in [-0.15, -0.1) is 0 Å². The molecule has 1 aliphatic heterocycles. The fourth-order valence-electron chi connectivity index (χ4n) is 3.42. The van der Waals surface area contributed by atoms with Gasteiger partial charge in [-0.25, -0.2) is 0 Å². The molecule has 1 aromatic rings. The summed E-state index contributed by atoms with van der Waals surface area (Å²) >= 11 is 9.68. The van der Waals surface area contributed by atoms with E-state index < -0.39 is 0 Å². The first kappa shape index (κ1) is 17.0. The molecule has 0 aliphatic carbocycles. The normalized spacial score (nSPS) is 16.4. The van der Waals surface area contributed by atoms with Crippen molar-refractivity contribution in [3.63, 3.8) is 0 Å². The van der Waals surface area contributed by atoms with Crippen molar-refractivity contribution in [3.8, 4) is 0 Å². The van der Waals surface area contributed by atoms with Crippen LogP contribution in [0.2, 0.25) is 5.02 Å². The predicted octanol–water partition coefficient (Wildman–Crippen LogP) is 4.87. The third kappa shape index (κ3) is 3.52. The van der Waals surface area contributed by atoms with Crippen molar-refractivity contribution in [2.75, 3.05) is 13.1 Å². The molecule has 21 heavy (non-hydrogen) atoms. The highest BCUT2D eigenvalue weighted by Gasteiger charge is 2.41. The second kappa shape index (κ2) is 7.26. The van der Waals surface area contributed by atoms with Gasteiger partial charge in [0.1, 0.15) is 0 Å². The zero-order chi connectivity index (χ0) is 15.5. The van der Waals surface area contributed by atoms with Gasteiger partial charge >= 0.3 is 0 Å². The molecular formula is C17H23BrClNO. The maximum atomic E-state index is 13.0. The van der Waals surface area contributed by atoms with Crippen LogP contribution in [-0.2, 0) is 11.2 Å². The second-order valence-electron chi connectivity index (χ2n) is 5.77. The lowest BCUT2D eigenvalue weighted by atomic mass is 9.83. The van der Waals surface area contributed by atoms with Crippen molar-refractivity contribution in [2.24, 2.45) is 0 Å². The largest absolute Gasteiger partial charge is 0.297 e. The number of hydrogen-bond acceptors (Lipinski definition) is 2. The second-order valence-corrected chi connectivity index (χ2v) is 7.09. The lowest BCUT2D eigenvalue weighted by Gasteiger charge is -2.39. The highest BCUT2D eigenvalue weighted by atomic mass is 79.9. The molecule has 1 aromatic carbocycles. The van der Waals surface area contributed by atoms with Crippen molar-refractivity contribution in [1.82, 2.24) is 4.90 Å². The quantitative estimate of drug-likeness (QED) is 0.710. The van der Waals surface area contributed by atoms with Gasteiger partial charge in [-0.3, -0.25) is 9.69 Å². The standard InChI is InChI=1S/C17H23BrClNO/c1-3-17(4-2,20-9-5-6-10-20)16(21)11-13-7-8-14(18)12-15(13)19/h7-8,12H,3-6,9-11H2,1-2H3. The molecule has 1 saturated heterocycles. The number of likely N-dealkylation sites (tertiary alicyclic amines) is 1. The van der Waals surface area contributed by atoms with Gasteiger partial charge in [-0.05, 0) is 56.5 Å². The van der Waals surface area contributed by atoms with E-state index >= 15 is 0 Å². The van der Waals surface area contributed by atoms with Crippen LogP contribution in [0.5, 0.6) is 0 Å². The maximum absolute atomic E-state index is 13.0. The molecule has 0 amide bonds. The summed E-state index contributed by atoms with van der Waals surface area (Å²) in [7, 11) is 0. The van der Waals surface area contributed by atoms with Crippen LogP contribution in [0, 0.1) is 0 Å². The average molecular weight is 373 g/mol. The highest BCUT2D eigenvalue weighted by Crippen LogP contribution is 2.31. The van der Waals surface area contributed by atoms with E-state index in [9.17, 15) is 4.79 Å². The van der Waals surface area contributed by atoms with Crippen LogP contribution < -0.4 is 0 Å². The Labute approximate surface area is 141 Å². The number of rotatable bonds is 6. The van der Waals surface area contributed by atoms with Gasteiger partial charge < -0.3 is 0 Å². The monoisotopic (exact) mass is 371 g/mol.